The molecule has 0 aliphatic carbocycles. The zero-order chi connectivity index (χ0) is 20.1. The lowest BCUT2D eigenvalue weighted by atomic mass is 9.89. The zero-order valence-corrected chi connectivity index (χ0v) is 17.4. The molecule has 1 aliphatic rings. The average molecular weight is 395 g/mol. The molecule has 3 rings (SSSR count). The summed E-state index contributed by atoms with van der Waals surface area (Å²) in [5.74, 6) is 0.809. The summed E-state index contributed by atoms with van der Waals surface area (Å²) in [6.45, 7) is 4.76. The lowest BCUT2D eigenvalue weighted by molar-refractivity contribution is 0.102. The Labute approximate surface area is 172 Å². The number of thiocarbonyl (C=S) groups is 1. The molecule has 0 aromatic heterocycles. The molecule has 0 amide bonds. The highest BCUT2D eigenvalue weighted by molar-refractivity contribution is 7.80. The largest absolute Gasteiger partial charge is 0.494 e. The quantitative estimate of drug-likeness (QED) is 0.412. The molecule has 146 valence electrons. The first-order chi connectivity index (χ1) is 13.5. The van der Waals surface area contributed by atoms with Gasteiger partial charge in [-0.2, -0.15) is 0 Å². The number of unbranched alkanes of at least 4 members (excludes halogenated alkanes) is 1. The number of allylic oxidation sites excluding steroid dienone is 1. The van der Waals surface area contributed by atoms with Crippen LogP contribution in [0.3, 0.4) is 0 Å². The number of hydrogen-bond donors (Lipinski definition) is 1. The fourth-order valence-electron chi connectivity index (χ4n) is 3.24. The highest BCUT2D eigenvalue weighted by atomic mass is 32.1. The maximum Gasteiger partial charge on any atom is 0.193 e. The summed E-state index contributed by atoms with van der Waals surface area (Å²) >= 11 is 5.50. The molecule has 1 heterocycles. The molecule has 0 saturated heterocycles. The van der Waals surface area contributed by atoms with Crippen LogP contribution in [0.4, 0.5) is 0 Å². The van der Waals surface area contributed by atoms with E-state index in [9.17, 15) is 4.79 Å². The van der Waals surface area contributed by atoms with Gasteiger partial charge in [0, 0.05) is 23.9 Å². The molecule has 4 nitrogen and oxygen atoms in total. The molecule has 1 unspecified atom stereocenters. The smallest absolute Gasteiger partial charge is 0.193 e. The average Bonchev–Trinajstić information content (AvgIpc) is 2.72. The molecule has 5 heteroatoms. The summed E-state index contributed by atoms with van der Waals surface area (Å²) in [5, 5.41) is 3.93. The van der Waals surface area contributed by atoms with Gasteiger partial charge in [0.1, 0.15) is 5.75 Å². The molecular weight excluding hydrogens is 368 g/mol. The van der Waals surface area contributed by atoms with Crippen molar-refractivity contribution >= 4 is 23.1 Å². The van der Waals surface area contributed by atoms with Crippen LogP contribution in [0.5, 0.6) is 5.75 Å². The van der Waals surface area contributed by atoms with E-state index in [2.05, 4.69) is 12.2 Å². The molecule has 1 aliphatic heterocycles. The van der Waals surface area contributed by atoms with Gasteiger partial charge in [0.2, 0.25) is 0 Å². The second-order valence-electron chi connectivity index (χ2n) is 6.91. The normalized spacial score (nSPS) is 16.8. The first-order valence-electron chi connectivity index (χ1n) is 9.60. The molecule has 1 atom stereocenters. The number of Topliss-reactive ketones (excluding diaryl/α,β-unsaturated/α-hetero) is 1. The lowest BCUT2D eigenvalue weighted by Crippen LogP contribution is -2.45. The summed E-state index contributed by atoms with van der Waals surface area (Å²) in [4.78, 5) is 15.2. The predicted octanol–water partition coefficient (Wildman–Crippen LogP) is 4.88. The van der Waals surface area contributed by atoms with Crippen molar-refractivity contribution in [2.24, 2.45) is 0 Å². The van der Waals surface area contributed by atoms with Crippen LogP contribution in [-0.2, 0) is 0 Å². The second kappa shape index (κ2) is 9.02. The minimum absolute atomic E-state index is 0.00209. The van der Waals surface area contributed by atoms with Gasteiger partial charge in [-0.25, -0.2) is 0 Å². The third-order valence-electron chi connectivity index (χ3n) is 4.99. The van der Waals surface area contributed by atoms with Crippen LogP contribution in [0, 0.1) is 0 Å². The van der Waals surface area contributed by atoms with Crippen LogP contribution in [0.15, 0.2) is 65.9 Å². The van der Waals surface area contributed by atoms with E-state index in [1.807, 2.05) is 73.5 Å². The molecule has 1 N–H and O–H groups in total. The molecule has 0 bridgehead atoms. The molecule has 2 aromatic rings. The van der Waals surface area contributed by atoms with E-state index in [0.29, 0.717) is 22.9 Å². The molecule has 2 aromatic carbocycles. The van der Waals surface area contributed by atoms with Gasteiger partial charge >= 0.3 is 0 Å². The summed E-state index contributed by atoms with van der Waals surface area (Å²) in [6.07, 6.45) is 2.10. The van der Waals surface area contributed by atoms with Gasteiger partial charge in [-0.3, -0.25) is 4.79 Å². The Morgan fingerprint density at radius 3 is 2.64 bits per heavy atom. The van der Waals surface area contributed by atoms with Gasteiger partial charge in [0.05, 0.1) is 12.6 Å². The Kier molecular flexibility index (Phi) is 6.47. The van der Waals surface area contributed by atoms with Crippen molar-refractivity contribution in [2.75, 3.05) is 13.7 Å². The van der Waals surface area contributed by atoms with E-state index >= 15 is 0 Å². The zero-order valence-electron chi connectivity index (χ0n) is 16.6. The molecule has 0 saturated carbocycles. The predicted molar refractivity (Wildman–Crippen MR) is 117 cm³/mol. The SMILES string of the molecule is CCCCOc1cccc(C2NC(=S)N(C)C(C)=C2C(=O)c2ccccc2)c1. The number of carbonyl (C=O) groups is 1. The maximum atomic E-state index is 13.3. The monoisotopic (exact) mass is 394 g/mol. The highest BCUT2D eigenvalue weighted by Gasteiger charge is 2.32. The van der Waals surface area contributed by atoms with Crippen LogP contribution < -0.4 is 10.1 Å². The number of nitrogens with one attached hydrogen (secondary N) is 1. The topological polar surface area (TPSA) is 41.6 Å². The molecule has 28 heavy (non-hydrogen) atoms. The number of hydrogen-bond acceptors (Lipinski definition) is 3. The fourth-order valence-corrected chi connectivity index (χ4v) is 3.50. The van der Waals surface area contributed by atoms with Crippen LogP contribution in [0.25, 0.3) is 0 Å². The fraction of sp³-hybridized carbons (Fsp3) is 0.304. The van der Waals surface area contributed by atoms with Crippen molar-refractivity contribution in [1.29, 1.82) is 0 Å². The van der Waals surface area contributed by atoms with Gasteiger partial charge in [-0.15, -0.1) is 0 Å². The number of ether oxygens (including phenoxy) is 1. The summed E-state index contributed by atoms with van der Waals surface area (Å²) < 4.78 is 5.86. The van der Waals surface area contributed by atoms with E-state index in [1.165, 1.54) is 0 Å². The van der Waals surface area contributed by atoms with Gasteiger partial charge in [-0.1, -0.05) is 55.8 Å². The Morgan fingerprint density at radius 2 is 1.93 bits per heavy atom. The van der Waals surface area contributed by atoms with Gasteiger partial charge in [0.15, 0.2) is 10.9 Å². The maximum absolute atomic E-state index is 13.3. The van der Waals surface area contributed by atoms with Crippen molar-refractivity contribution in [3.8, 4) is 5.75 Å². The van der Waals surface area contributed by atoms with Crippen molar-refractivity contribution < 1.29 is 9.53 Å². The van der Waals surface area contributed by atoms with E-state index in [0.717, 1.165) is 29.9 Å². The molecule has 0 radical (unpaired) electrons. The summed E-state index contributed by atoms with van der Waals surface area (Å²) in [7, 11) is 1.88. The van der Waals surface area contributed by atoms with Crippen LogP contribution >= 0.6 is 12.2 Å². The highest BCUT2D eigenvalue weighted by Crippen LogP contribution is 2.33. The van der Waals surface area contributed by atoms with E-state index < -0.39 is 0 Å². The van der Waals surface area contributed by atoms with E-state index in [-0.39, 0.29) is 11.8 Å². The minimum Gasteiger partial charge on any atom is -0.494 e. The van der Waals surface area contributed by atoms with E-state index in [1.54, 1.807) is 0 Å². The molecule has 0 fully saturated rings. The number of nitrogens with zero attached hydrogens (tertiary/aromatic N) is 1. The third kappa shape index (κ3) is 4.25. The van der Waals surface area contributed by atoms with Gasteiger partial charge in [-0.05, 0) is 43.3 Å². The second-order valence-corrected chi connectivity index (χ2v) is 7.30. The van der Waals surface area contributed by atoms with Crippen molar-refractivity contribution in [3.63, 3.8) is 0 Å². The van der Waals surface area contributed by atoms with Crippen LogP contribution in [0.2, 0.25) is 0 Å². The lowest BCUT2D eigenvalue weighted by Gasteiger charge is -2.36. The number of ketones is 1. The van der Waals surface area contributed by atoms with Gasteiger partial charge < -0.3 is 15.0 Å². The van der Waals surface area contributed by atoms with Crippen LogP contribution in [-0.4, -0.2) is 29.5 Å². The number of carbonyl (C=O) groups excluding carboxylic acids is 1. The summed E-state index contributed by atoms with van der Waals surface area (Å²) in [6, 6.07) is 16.9. The first-order valence-corrected chi connectivity index (χ1v) is 10.0. The number of benzene rings is 2. The Balaban J connectivity index is 1.99. The standard InChI is InChI=1S/C23H26N2O2S/c1-4-5-14-27-19-13-9-12-18(15-19)21-20(16(2)25(3)23(28)24-21)22(26)17-10-7-6-8-11-17/h6-13,15,21H,4-5,14H2,1-3H3,(H,24,28). The minimum atomic E-state index is -0.314. The molecule has 0 spiro atoms. The van der Waals surface area contributed by atoms with Crippen molar-refractivity contribution in [2.45, 2.75) is 32.7 Å². The van der Waals surface area contributed by atoms with E-state index in [4.69, 9.17) is 17.0 Å². The first kappa shape index (κ1) is 20.1. The van der Waals surface area contributed by atoms with Crippen molar-refractivity contribution in [1.82, 2.24) is 10.2 Å². The Bertz CT molecular complexity index is 892. The third-order valence-corrected chi connectivity index (χ3v) is 5.38. The Morgan fingerprint density at radius 1 is 1.18 bits per heavy atom. The van der Waals surface area contributed by atoms with Gasteiger partial charge in [0.25, 0.3) is 0 Å². The van der Waals surface area contributed by atoms with Crippen molar-refractivity contribution in [3.05, 3.63) is 77.0 Å². The Hall–Kier alpha value is -2.66. The molecular formula is C23H26N2O2S. The van der Waals surface area contributed by atoms with Crippen LogP contribution in [0.1, 0.15) is 48.7 Å². The summed E-state index contributed by atoms with van der Waals surface area (Å²) in [5.41, 5.74) is 3.19. The number of rotatable bonds is 7.